The van der Waals surface area contributed by atoms with Crippen molar-refractivity contribution in [3.05, 3.63) is 0 Å². The summed E-state index contributed by atoms with van der Waals surface area (Å²) < 4.78 is 4.42. The van der Waals surface area contributed by atoms with Crippen molar-refractivity contribution < 1.29 is 19.1 Å². The van der Waals surface area contributed by atoms with Crippen LogP contribution in [0, 0.1) is 5.92 Å². The van der Waals surface area contributed by atoms with Crippen molar-refractivity contribution in [2.45, 2.75) is 13.8 Å². The predicted molar refractivity (Wildman–Crippen MR) is 48.0 cm³/mol. The van der Waals surface area contributed by atoms with Gasteiger partial charge in [0.1, 0.15) is 6.61 Å². The summed E-state index contributed by atoms with van der Waals surface area (Å²) in [6, 6.07) is 0. The van der Waals surface area contributed by atoms with Gasteiger partial charge in [-0.2, -0.15) is 0 Å². The fraction of sp³-hybridized carbons (Fsp3) is 0.625. The largest absolute Gasteiger partial charge is 0.467 e. The first kappa shape index (κ1) is 12.4. The summed E-state index contributed by atoms with van der Waals surface area (Å²) in [6.07, 6.45) is 0. The molecule has 6 nitrogen and oxygen atoms in total. The van der Waals surface area contributed by atoms with Crippen LogP contribution in [0.3, 0.4) is 0 Å². The Labute approximate surface area is 82.0 Å². The summed E-state index contributed by atoms with van der Waals surface area (Å²) in [4.78, 5) is 31.4. The molecule has 0 fully saturated rings. The third-order valence-corrected chi connectivity index (χ3v) is 1.46. The molecule has 0 aliphatic carbocycles. The van der Waals surface area contributed by atoms with Gasteiger partial charge >= 0.3 is 0 Å². The van der Waals surface area contributed by atoms with E-state index in [1.165, 1.54) is 6.92 Å². The minimum Gasteiger partial charge on any atom is -0.467 e. The first-order valence-electron chi connectivity index (χ1n) is 4.15. The SMILES string of the molecule is CC(=O)NCNC(=O)C(C)COC=O. The van der Waals surface area contributed by atoms with Crippen LogP contribution in [0.5, 0.6) is 0 Å². The number of hydrogen-bond acceptors (Lipinski definition) is 4. The molecule has 0 aromatic rings. The Kier molecular flexibility index (Phi) is 6.09. The van der Waals surface area contributed by atoms with Crippen molar-refractivity contribution in [1.29, 1.82) is 0 Å². The zero-order valence-electron chi connectivity index (χ0n) is 8.20. The third kappa shape index (κ3) is 5.99. The van der Waals surface area contributed by atoms with Gasteiger partial charge in [0.15, 0.2) is 0 Å². The van der Waals surface area contributed by atoms with Crippen LogP contribution >= 0.6 is 0 Å². The highest BCUT2D eigenvalue weighted by atomic mass is 16.5. The molecule has 1 atom stereocenters. The van der Waals surface area contributed by atoms with Crippen molar-refractivity contribution in [2.75, 3.05) is 13.3 Å². The summed E-state index contributed by atoms with van der Waals surface area (Å²) in [6.45, 7) is 3.38. The van der Waals surface area contributed by atoms with Crippen LogP contribution in [-0.4, -0.2) is 31.6 Å². The molecule has 14 heavy (non-hydrogen) atoms. The van der Waals surface area contributed by atoms with E-state index in [2.05, 4.69) is 15.4 Å². The van der Waals surface area contributed by atoms with Crippen LogP contribution in [0.1, 0.15) is 13.8 Å². The lowest BCUT2D eigenvalue weighted by Gasteiger charge is -2.10. The molecule has 0 radical (unpaired) electrons. The number of carbonyl (C=O) groups excluding carboxylic acids is 3. The van der Waals surface area contributed by atoms with Crippen molar-refractivity contribution in [3.8, 4) is 0 Å². The number of amides is 2. The minimum atomic E-state index is -0.422. The molecule has 1 unspecified atom stereocenters. The van der Waals surface area contributed by atoms with Gasteiger partial charge in [0.05, 0.1) is 12.6 Å². The molecule has 0 bridgehead atoms. The van der Waals surface area contributed by atoms with Gasteiger partial charge in [-0.25, -0.2) is 0 Å². The number of rotatable bonds is 6. The molecule has 6 heteroatoms. The second-order valence-corrected chi connectivity index (χ2v) is 2.78. The van der Waals surface area contributed by atoms with Gasteiger partial charge in [0.2, 0.25) is 11.8 Å². The zero-order valence-corrected chi connectivity index (χ0v) is 8.20. The summed E-state index contributed by atoms with van der Waals surface area (Å²) in [5.74, 6) is -0.920. The molecule has 0 aromatic heterocycles. The van der Waals surface area contributed by atoms with Crippen LogP contribution in [0.4, 0.5) is 0 Å². The summed E-state index contributed by atoms with van der Waals surface area (Å²) in [5.41, 5.74) is 0. The number of carbonyl (C=O) groups is 3. The Morgan fingerprint density at radius 1 is 1.43 bits per heavy atom. The van der Waals surface area contributed by atoms with Crippen LogP contribution in [0.2, 0.25) is 0 Å². The van der Waals surface area contributed by atoms with E-state index >= 15 is 0 Å². The smallest absolute Gasteiger partial charge is 0.293 e. The van der Waals surface area contributed by atoms with Crippen molar-refractivity contribution in [1.82, 2.24) is 10.6 Å². The normalized spacial score (nSPS) is 11.3. The predicted octanol–water partition coefficient (Wildman–Crippen LogP) is -0.995. The van der Waals surface area contributed by atoms with Gasteiger partial charge in [0.25, 0.3) is 6.47 Å². The highest BCUT2D eigenvalue weighted by Crippen LogP contribution is 1.93. The van der Waals surface area contributed by atoms with Crippen LogP contribution in [0.25, 0.3) is 0 Å². The molecule has 80 valence electrons. The van der Waals surface area contributed by atoms with Gasteiger partial charge in [0, 0.05) is 6.92 Å². The van der Waals surface area contributed by atoms with E-state index in [4.69, 9.17) is 0 Å². The first-order chi connectivity index (χ1) is 6.57. The van der Waals surface area contributed by atoms with E-state index in [1.807, 2.05) is 0 Å². The average Bonchev–Trinajstić information content (AvgIpc) is 2.13. The highest BCUT2D eigenvalue weighted by Gasteiger charge is 2.12. The van der Waals surface area contributed by atoms with Gasteiger partial charge in [-0.1, -0.05) is 6.92 Å². The van der Waals surface area contributed by atoms with E-state index in [-0.39, 0.29) is 31.6 Å². The Morgan fingerprint density at radius 2 is 2.07 bits per heavy atom. The number of hydrogen-bond donors (Lipinski definition) is 2. The topological polar surface area (TPSA) is 84.5 Å². The quantitative estimate of drug-likeness (QED) is 0.427. The lowest BCUT2D eigenvalue weighted by Crippen LogP contribution is -2.39. The lowest BCUT2D eigenvalue weighted by atomic mass is 10.2. The third-order valence-electron chi connectivity index (χ3n) is 1.46. The van der Waals surface area contributed by atoms with Gasteiger partial charge in [-0.15, -0.1) is 0 Å². The van der Waals surface area contributed by atoms with Crippen LogP contribution < -0.4 is 10.6 Å². The van der Waals surface area contributed by atoms with E-state index in [9.17, 15) is 14.4 Å². The Bertz CT molecular complexity index is 217. The van der Waals surface area contributed by atoms with E-state index < -0.39 is 5.92 Å². The maximum atomic E-state index is 11.2. The monoisotopic (exact) mass is 202 g/mol. The van der Waals surface area contributed by atoms with Crippen molar-refractivity contribution in [3.63, 3.8) is 0 Å². The van der Waals surface area contributed by atoms with Crippen molar-refractivity contribution in [2.24, 2.45) is 5.92 Å². The second-order valence-electron chi connectivity index (χ2n) is 2.78. The van der Waals surface area contributed by atoms with Crippen LogP contribution in [0.15, 0.2) is 0 Å². The molecule has 2 N–H and O–H groups in total. The Balaban J connectivity index is 3.61. The molecule has 0 heterocycles. The van der Waals surface area contributed by atoms with Gasteiger partial charge < -0.3 is 15.4 Å². The Morgan fingerprint density at radius 3 is 2.57 bits per heavy atom. The second kappa shape index (κ2) is 6.88. The van der Waals surface area contributed by atoms with E-state index in [1.54, 1.807) is 6.92 Å². The lowest BCUT2D eigenvalue weighted by molar-refractivity contribution is -0.133. The molecular weight excluding hydrogens is 188 g/mol. The van der Waals surface area contributed by atoms with Gasteiger partial charge in [-0.3, -0.25) is 14.4 Å². The summed E-state index contributed by atoms with van der Waals surface area (Å²) >= 11 is 0. The van der Waals surface area contributed by atoms with Gasteiger partial charge in [-0.05, 0) is 0 Å². The summed E-state index contributed by atoms with van der Waals surface area (Å²) in [7, 11) is 0. The zero-order chi connectivity index (χ0) is 11.0. The average molecular weight is 202 g/mol. The minimum absolute atomic E-state index is 0.0371. The Hall–Kier alpha value is -1.59. The fourth-order valence-corrected chi connectivity index (χ4v) is 0.689. The fourth-order valence-electron chi connectivity index (χ4n) is 0.689. The molecule has 0 aromatic carbocycles. The molecular formula is C8H14N2O4. The molecule has 0 saturated heterocycles. The molecule has 0 rings (SSSR count). The van der Waals surface area contributed by atoms with Crippen LogP contribution in [-0.2, 0) is 19.1 Å². The molecule has 0 saturated carbocycles. The first-order valence-corrected chi connectivity index (χ1v) is 4.15. The number of ether oxygens (including phenoxy) is 1. The van der Waals surface area contributed by atoms with E-state index in [0.29, 0.717) is 0 Å². The molecule has 0 aliphatic rings. The highest BCUT2D eigenvalue weighted by molar-refractivity contribution is 5.79. The maximum Gasteiger partial charge on any atom is 0.293 e. The summed E-state index contributed by atoms with van der Waals surface area (Å²) in [5, 5.41) is 4.86. The molecule has 0 aliphatic heterocycles. The number of nitrogens with one attached hydrogen (secondary N) is 2. The molecule has 2 amide bonds. The van der Waals surface area contributed by atoms with E-state index in [0.717, 1.165) is 0 Å². The maximum absolute atomic E-state index is 11.2. The standard InChI is InChI=1S/C8H14N2O4/c1-6(3-14-5-11)8(13)10-4-9-7(2)12/h5-6H,3-4H2,1-2H3,(H,9,12)(H,10,13). The molecule has 0 spiro atoms. The van der Waals surface area contributed by atoms with Crippen molar-refractivity contribution >= 4 is 18.3 Å².